The summed E-state index contributed by atoms with van der Waals surface area (Å²) in [6.07, 6.45) is 0.925. The highest BCUT2D eigenvalue weighted by Crippen LogP contribution is 2.27. The number of nitrogens with one attached hydrogen (secondary N) is 2. The average Bonchev–Trinajstić information content (AvgIpc) is 2.52. The summed E-state index contributed by atoms with van der Waals surface area (Å²) in [4.78, 5) is 11.8. The predicted octanol–water partition coefficient (Wildman–Crippen LogP) is 0.255. The molecule has 160 valence electrons. The zero-order valence-corrected chi connectivity index (χ0v) is 18.7. The van der Waals surface area contributed by atoms with Gasteiger partial charge in [0.05, 0.1) is 29.0 Å². The zero-order valence-electron chi connectivity index (χ0n) is 17.0. The molecule has 11 heteroatoms. The molecule has 9 nitrogen and oxygen atoms in total. The zero-order chi connectivity index (χ0) is 21.9. The van der Waals surface area contributed by atoms with Gasteiger partial charge in [-0.05, 0) is 44.9 Å². The summed E-state index contributed by atoms with van der Waals surface area (Å²) in [5, 5.41) is 11.7. The van der Waals surface area contributed by atoms with Gasteiger partial charge in [-0.1, -0.05) is 6.07 Å². The van der Waals surface area contributed by atoms with Gasteiger partial charge in [0.25, 0.3) is 0 Å². The first-order chi connectivity index (χ1) is 12.6. The third-order valence-corrected chi connectivity index (χ3v) is 6.93. The van der Waals surface area contributed by atoms with Crippen molar-refractivity contribution in [3.63, 3.8) is 0 Å². The SMILES string of the molecule is Cc1cc(C)c(S(=O)(=O)NCCC(=O)NC(C)(C)CO)cc1N(C)S(C)(=O)=O. The maximum absolute atomic E-state index is 12.7. The molecule has 3 N–H and O–H groups in total. The van der Waals surface area contributed by atoms with Crippen LogP contribution >= 0.6 is 0 Å². The van der Waals surface area contributed by atoms with E-state index >= 15 is 0 Å². The van der Waals surface area contributed by atoms with Gasteiger partial charge in [0.15, 0.2) is 0 Å². The Kier molecular flexibility index (Phi) is 7.62. The van der Waals surface area contributed by atoms with E-state index in [9.17, 15) is 21.6 Å². The van der Waals surface area contributed by atoms with E-state index in [0.717, 1.165) is 10.6 Å². The van der Waals surface area contributed by atoms with Crippen molar-refractivity contribution >= 4 is 31.6 Å². The third kappa shape index (κ3) is 6.43. The predicted molar refractivity (Wildman–Crippen MR) is 108 cm³/mol. The van der Waals surface area contributed by atoms with E-state index in [2.05, 4.69) is 10.0 Å². The molecule has 1 rings (SSSR count). The number of hydrogen-bond donors (Lipinski definition) is 3. The number of aliphatic hydroxyl groups is 1. The molecule has 1 amide bonds. The van der Waals surface area contributed by atoms with Crippen molar-refractivity contribution < 1.29 is 26.7 Å². The van der Waals surface area contributed by atoms with Crippen molar-refractivity contribution in [1.29, 1.82) is 0 Å². The lowest BCUT2D eigenvalue weighted by atomic mass is 10.1. The van der Waals surface area contributed by atoms with Gasteiger partial charge < -0.3 is 10.4 Å². The number of nitrogens with zero attached hydrogens (tertiary/aromatic N) is 1. The molecule has 0 fully saturated rings. The molecule has 0 aromatic heterocycles. The van der Waals surface area contributed by atoms with Crippen LogP contribution in [0.15, 0.2) is 17.0 Å². The van der Waals surface area contributed by atoms with Crippen LogP contribution in [0.4, 0.5) is 5.69 Å². The number of aliphatic hydroxyl groups excluding tert-OH is 1. The number of carbonyl (C=O) groups is 1. The number of anilines is 1. The van der Waals surface area contributed by atoms with Gasteiger partial charge in [-0.15, -0.1) is 0 Å². The van der Waals surface area contributed by atoms with Crippen molar-refractivity contribution in [1.82, 2.24) is 10.0 Å². The fourth-order valence-electron chi connectivity index (χ4n) is 2.49. The van der Waals surface area contributed by atoms with Crippen LogP contribution in [0.1, 0.15) is 31.4 Å². The Balaban J connectivity index is 3.01. The summed E-state index contributed by atoms with van der Waals surface area (Å²) in [5.41, 5.74) is 0.543. The summed E-state index contributed by atoms with van der Waals surface area (Å²) in [6, 6.07) is 2.91. The first-order valence-corrected chi connectivity index (χ1v) is 11.9. The van der Waals surface area contributed by atoms with Crippen LogP contribution in [0.3, 0.4) is 0 Å². The topological polar surface area (TPSA) is 133 Å². The summed E-state index contributed by atoms with van der Waals surface area (Å²) in [7, 11) is -6.16. The van der Waals surface area contributed by atoms with Gasteiger partial charge in [0.1, 0.15) is 0 Å². The summed E-state index contributed by atoms with van der Waals surface area (Å²) < 4.78 is 52.3. The number of rotatable bonds is 9. The first kappa shape index (κ1) is 24.3. The molecule has 0 aliphatic heterocycles. The van der Waals surface area contributed by atoms with Crippen LogP contribution in [-0.2, 0) is 24.8 Å². The second kappa shape index (κ2) is 8.76. The molecule has 1 aromatic rings. The van der Waals surface area contributed by atoms with Gasteiger partial charge in [0, 0.05) is 20.0 Å². The van der Waals surface area contributed by atoms with Crippen molar-refractivity contribution in [2.75, 3.05) is 30.8 Å². The maximum Gasteiger partial charge on any atom is 0.240 e. The van der Waals surface area contributed by atoms with Crippen LogP contribution in [0.2, 0.25) is 0 Å². The van der Waals surface area contributed by atoms with Crippen LogP contribution in [0.5, 0.6) is 0 Å². The molecule has 1 aromatic carbocycles. The molecule has 0 saturated heterocycles. The van der Waals surface area contributed by atoms with Gasteiger partial charge in [-0.3, -0.25) is 9.10 Å². The smallest absolute Gasteiger partial charge is 0.240 e. The Morgan fingerprint density at radius 2 is 1.71 bits per heavy atom. The second-order valence-corrected chi connectivity index (χ2v) is 11.1. The Bertz CT molecular complexity index is 940. The molecule has 28 heavy (non-hydrogen) atoms. The molecule has 0 unspecified atom stereocenters. The van der Waals surface area contributed by atoms with Gasteiger partial charge >= 0.3 is 0 Å². The summed E-state index contributed by atoms with van der Waals surface area (Å²) in [5.74, 6) is -0.403. The van der Waals surface area contributed by atoms with E-state index in [-0.39, 0.29) is 30.2 Å². The van der Waals surface area contributed by atoms with E-state index in [1.807, 2.05) is 0 Å². The number of hydrogen-bond acceptors (Lipinski definition) is 6. The second-order valence-electron chi connectivity index (χ2n) is 7.37. The molecule has 0 bridgehead atoms. The van der Waals surface area contributed by atoms with Crippen molar-refractivity contribution in [2.24, 2.45) is 0 Å². The molecular weight excluding hydrogens is 406 g/mol. The van der Waals surface area contributed by atoms with Gasteiger partial charge in [-0.25, -0.2) is 21.6 Å². The van der Waals surface area contributed by atoms with Gasteiger partial charge in [-0.2, -0.15) is 0 Å². The maximum atomic E-state index is 12.7. The Morgan fingerprint density at radius 1 is 1.14 bits per heavy atom. The highest BCUT2D eigenvalue weighted by molar-refractivity contribution is 7.92. The minimum absolute atomic E-state index is 0.0558. The summed E-state index contributed by atoms with van der Waals surface area (Å²) in [6.45, 7) is 6.21. The van der Waals surface area contributed by atoms with Crippen LogP contribution in [0.25, 0.3) is 0 Å². The molecular formula is C17H29N3O6S2. The normalized spacial score (nSPS) is 12.7. The van der Waals surface area contributed by atoms with E-state index in [1.165, 1.54) is 13.1 Å². The Morgan fingerprint density at radius 3 is 2.21 bits per heavy atom. The lowest BCUT2D eigenvalue weighted by Gasteiger charge is -2.23. The van der Waals surface area contributed by atoms with Crippen molar-refractivity contribution in [3.05, 3.63) is 23.3 Å². The first-order valence-electron chi connectivity index (χ1n) is 8.57. The molecule has 0 radical (unpaired) electrons. The van der Waals surface area contributed by atoms with E-state index in [4.69, 9.17) is 5.11 Å². The number of benzene rings is 1. The molecule has 0 atom stereocenters. The van der Waals surface area contributed by atoms with E-state index < -0.39 is 31.5 Å². The monoisotopic (exact) mass is 435 g/mol. The fraction of sp³-hybridized carbons (Fsp3) is 0.588. The lowest BCUT2D eigenvalue weighted by Crippen LogP contribution is -2.47. The highest BCUT2D eigenvalue weighted by Gasteiger charge is 2.23. The van der Waals surface area contributed by atoms with Gasteiger partial charge in [0.2, 0.25) is 26.0 Å². The largest absolute Gasteiger partial charge is 0.394 e. The molecule has 0 aliphatic rings. The van der Waals surface area contributed by atoms with Crippen LogP contribution in [0, 0.1) is 13.8 Å². The highest BCUT2D eigenvalue weighted by atomic mass is 32.2. The minimum Gasteiger partial charge on any atom is -0.394 e. The third-order valence-electron chi connectivity index (χ3n) is 4.14. The fourth-order valence-corrected chi connectivity index (χ4v) is 4.32. The minimum atomic E-state index is -3.96. The number of carbonyl (C=O) groups excluding carboxylic acids is 1. The molecule has 0 spiro atoms. The lowest BCUT2D eigenvalue weighted by molar-refractivity contribution is -0.123. The number of sulfonamides is 2. The van der Waals surface area contributed by atoms with E-state index in [0.29, 0.717) is 11.1 Å². The number of amides is 1. The average molecular weight is 436 g/mol. The quantitative estimate of drug-likeness (QED) is 0.509. The molecule has 0 heterocycles. The Hall–Kier alpha value is -1.69. The molecule has 0 saturated carbocycles. The van der Waals surface area contributed by atoms with Crippen molar-refractivity contribution in [2.45, 2.75) is 44.6 Å². The van der Waals surface area contributed by atoms with Crippen LogP contribution < -0.4 is 14.3 Å². The van der Waals surface area contributed by atoms with E-state index in [1.54, 1.807) is 33.8 Å². The number of aryl methyl sites for hydroxylation is 2. The van der Waals surface area contributed by atoms with Crippen molar-refractivity contribution in [3.8, 4) is 0 Å². The van der Waals surface area contributed by atoms with Crippen LogP contribution in [-0.4, -0.2) is 59.8 Å². The standard InChI is InChI=1S/C17H29N3O6S2/c1-12-9-13(2)15(10-14(12)20(5)27(6,23)24)28(25,26)18-8-7-16(22)19-17(3,4)11-21/h9-10,18,21H,7-8,11H2,1-6H3,(H,19,22). The Labute approximate surface area is 167 Å². The molecule has 0 aliphatic carbocycles. The summed E-state index contributed by atoms with van der Waals surface area (Å²) >= 11 is 0.